The average molecular weight is 467 g/mol. The van der Waals surface area contributed by atoms with E-state index in [1.807, 2.05) is 50.9 Å². The second-order valence-electron chi connectivity index (χ2n) is 9.90. The van der Waals surface area contributed by atoms with Crippen molar-refractivity contribution in [1.82, 2.24) is 29.5 Å². The predicted molar refractivity (Wildman–Crippen MR) is 138 cm³/mol. The second kappa shape index (κ2) is 8.82. The average Bonchev–Trinajstić information content (AvgIpc) is 3.48. The molecular formula is C28H30N6O. The van der Waals surface area contributed by atoms with Gasteiger partial charge < -0.3 is 14.8 Å². The minimum Gasteiger partial charge on any atom is -0.361 e. The minimum atomic E-state index is 0.0891. The van der Waals surface area contributed by atoms with Crippen LogP contribution in [0.4, 0.5) is 0 Å². The van der Waals surface area contributed by atoms with E-state index in [0.717, 1.165) is 46.7 Å². The number of benzene rings is 1. The van der Waals surface area contributed by atoms with Gasteiger partial charge in [0.2, 0.25) is 5.91 Å². The van der Waals surface area contributed by atoms with E-state index in [9.17, 15) is 4.79 Å². The predicted octanol–water partition coefficient (Wildman–Crippen LogP) is 4.33. The molecule has 1 saturated carbocycles. The van der Waals surface area contributed by atoms with Crippen molar-refractivity contribution in [2.75, 3.05) is 20.6 Å². The number of carbonyl (C=O) groups excluding carboxylic acids is 1. The molecule has 1 aliphatic heterocycles. The summed E-state index contributed by atoms with van der Waals surface area (Å²) in [4.78, 5) is 25.0. The molecule has 1 amide bonds. The third kappa shape index (κ3) is 4.17. The minimum absolute atomic E-state index is 0.0891. The molecule has 7 nitrogen and oxygen atoms in total. The number of H-pyrrole nitrogens is 1. The van der Waals surface area contributed by atoms with Gasteiger partial charge in [0.05, 0.1) is 24.8 Å². The number of likely N-dealkylation sites (N-methyl/N-ethyl adjacent to an activating group) is 1. The highest BCUT2D eigenvalue weighted by Gasteiger charge is 2.41. The van der Waals surface area contributed by atoms with Crippen LogP contribution in [0.15, 0.2) is 67.1 Å². The van der Waals surface area contributed by atoms with Crippen LogP contribution in [0, 0.1) is 5.92 Å². The molecule has 3 aromatic heterocycles. The summed E-state index contributed by atoms with van der Waals surface area (Å²) in [7, 11) is 4.02. The first-order valence-electron chi connectivity index (χ1n) is 12.3. The summed E-state index contributed by atoms with van der Waals surface area (Å²) in [6.45, 7) is 2.04. The standard InChI is InChI=1S/C28H30N6O/c1-32(2)15-3-4-26(35)33-17-25-27(21-9-12-29-13-10-21)28(31-34(25)18-24(33)20-6-7-20)22-8-5-19-11-14-30-23(19)16-22/h3-5,8-14,16,20,24,30H,6-7,15,17-18H2,1-2H3/b4-3+/t24-/m1/s1. The van der Waals surface area contributed by atoms with Crippen molar-refractivity contribution in [1.29, 1.82) is 0 Å². The van der Waals surface area contributed by atoms with Gasteiger partial charge in [0.15, 0.2) is 0 Å². The Kier molecular flexibility index (Phi) is 5.49. The molecule has 4 aromatic rings. The Morgan fingerprint density at radius 1 is 1.14 bits per heavy atom. The lowest BCUT2D eigenvalue weighted by molar-refractivity contribution is -0.130. The lowest BCUT2D eigenvalue weighted by atomic mass is 9.97. The number of fused-ring (bicyclic) bond motifs is 2. The van der Waals surface area contributed by atoms with Crippen molar-refractivity contribution >= 4 is 16.8 Å². The van der Waals surface area contributed by atoms with E-state index in [0.29, 0.717) is 12.5 Å². The highest BCUT2D eigenvalue weighted by molar-refractivity contribution is 5.90. The Balaban J connectivity index is 1.45. The van der Waals surface area contributed by atoms with Gasteiger partial charge in [0.25, 0.3) is 0 Å². The number of amides is 1. The van der Waals surface area contributed by atoms with Crippen molar-refractivity contribution in [2.24, 2.45) is 5.92 Å². The zero-order chi connectivity index (χ0) is 23.9. The SMILES string of the molecule is CN(C)C/C=C/C(=O)N1Cc2c(-c3ccncc3)c(-c3ccc4cc[nH]c4c3)nn2C[C@@H]1C1CC1. The number of pyridine rings is 1. The van der Waals surface area contributed by atoms with Crippen LogP contribution in [-0.4, -0.2) is 62.1 Å². The Labute approximate surface area is 205 Å². The molecule has 7 heteroatoms. The number of rotatable bonds is 6. The molecule has 4 heterocycles. The molecule has 2 aliphatic rings. The van der Waals surface area contributed by atoms with Crippen LogP contribution in [0.2, 0.25) is 0 Å². The quantitative estimate of drug-likeness (QED) is 0.430. The lowest BCUT2D eigenvalue weighted by Gasteiger charge is -2.36. The monoisotopic (exact) mass is 466 g/mol. The maximum Gasteiger partial charge on any atom is 0.246 e. The summed E-state index contributed by atoms with van der Waals surface area (Å²) in [6.07, 6.45) is 11.7. The molecule has 35 heavy (non-hydrogen) atoms. The summed E-state index contributed by atoms with van der Waals surface area (Å²) in [5.74, 6) is 0.646. The Hall–Kier alpha value is -3.71. The molecule has 6 rings (SSSR count). The molecule has 0 radical (unpaired) electrons. The maximum absolute atomic E-state index is 13.4. The van der Waals surface area contributed by atoms with Gasteiger partial charge in [0.1, 0.15) is 5.69 Å². The molecule has 1 aliphatic carbocycles. The molecule has 178 valence electrons. The third-order valence-corrected chi connectivity index (χ3v) is 7.12. The first-order chi connectivity index (χ1) is 17.1. The van der Waals surface area contributed by atoms with Crippen LogP contribution in [0.1, 0.15) is 18.5 Å². The molecule has 0 saturated heterocycles. The van der Waals surface area contributed by atoms with E-state index >= 15 is 0 Å². The highest BCUT2D eigenvalue weighted by Crippen LogP contribution is 2.42. The van der Waals surface area contributed by atoms with Crippen molar-refractivity contribution < 1.29 is 4.79 Å². The van der Waals surface area contributed by atoms with Gasteiger partial charge >= 0.3 is 0 Å². The van der Waals surface area contributed by atoms with E-state index in [2.05, 4.69) is 48.7 Å². The molecule has 1 fully saturated rings. The zero-order valence-corrected chi connectivity index (χ0v) is 20.2. The Morgan fingerprint density at radius 2 is 1.97 bits per heavy atom. The van der Waals surface area contributed by atoms with Crippen LogP contribution < -0.4 is 0 Å². The van der Waals surface area contributed by atoms with Gasteiger partial charge in [-0.05, 0) is 68.1 Å². The van der Waals surface area contributed by atoms with Crippen molar-refractivity contribution in [3.8, 4) is 22.4 Å². The number of carbonyl (C=O) groups is 1. The van der Waals surface area contributed by atoms with Gasteiger partial charge in [-0.1, -0.05) is 18.2 Å². The van der Waals surface area contributed by atoms with E-state index in [4.69, 9.17) is 5.10 Å². The number of nitrogens with zero attached hydrogens (tertiary/aromatic N) is 5. The molecule has 1 aromatic carbocycles. The number of hydrogen-bond acceptors (Lipinski definition) is 4. The van der Waals surface area contributed by atoms with Crippen LogP contribution in [0.3, 0.4) is 0 Å². The summed E-state index contributed by atoms with van der Waals surface area (Å²) in [6, 6.07) is 12.8. The zero-order valence-electron chi connectivity index (χ0n) is 20.2. The molecule has 1 N–H and O–H groups in total. The summed E-state index contributed by atoms with van der Waals surface area (Å²) in [5.41, 5.74) is 6.36. The lowest BCUT2D eigenvalue weighted by Crippen LogP contribution is -2.47. The fraction of sp³-hybridized carbons (Fsp3) is 0.321. The number of nitrogens with one attached hydrogen (secondary N) is 1. The van der Waals surface area contributed by atoms with Gasteiger partial charge in [-0.2, -0.15) is 5.10 Å². The van der Waals surface area contributed by atoms with Gasteiger partial charge in [0, 0.05) is 47.9 Å². The fourth-order valence-corrected chi connectivity index (χ4v) is 5.17. The Morgan fingerprint density at radius 3 is 2.74 bits per heavy atom. The number of hydrogen-bond donors (Lipinski definition) is 1. The van der Waals surface area contributed by atoms with E-state index in [1.165, 1.54) is 18.2 Å². The normalized spacial score (nSPS) is 18.0. The number of aromatic nitrogens is 4. The van der Waals surface area contributed by atoms with Crippen LogP contribution in [0.5, 0.6) is 0 Å². The summed E-state index contributed by atoms with van der Waals surface area (Å²) >= 11 is 0. The number of aromatic amines is 1. The largest absolute Gasteiger partial charge is 0.361 e. The fourth-order valence-electron chi connectivity index (χ4n) is 5.17. The van der Waals surface area contributed by atoms with Crippen molar-refractivity contribution in [3.63, 3.8) is 0 Å². The first kappa shape index (κ1) is 21.8. The summed E-state index contributed by atoms with van der Waals surface area (Å²) in [5, 5.41) is 6.33. The van der Waals surface area contributed by atoms with Crippen LogP contribution in [-0.2, 0) is 17.9 Å². The Bertz CT molecular complexity index is 1400. The smallest absolute Gasteiger partial charge is 0.246 e. The molecule has 0 spiro atoms. The summed E-state index contributed by atoms with van der Waals surface area (Å²) < 4.78 is 2.15. The van der Waals surface area contributed by atoms with Gasteiger partial charge in [-0.15, -0.1) is 0 Å². The van der Waals surface area contributed by atoms with Gasteiger partial charge in [-0.3, -0.25) is 14.5 Å². The van der Waals surface area contributed by atoms with Crippen LogP contribution >= 0.6 is 0 Å². The molecule has 0 bridgehead atoms. The molecular weight excluding hydrogens is 436 g/mol. The van der Waals surface area contributed by atoms with E-state index < -0.39 is 0 Å². The van der Waals surface area contributed by atoms with Crippen LogP contribution in [0.25, 0.3) is 33.3 Å². The molecule has 1 atom stereocenters. The van der Waals surface area contributed by atoms with Gasteiger partial charge in [-0.25, -0.2) is 0 Å². The maximum atomic E-state index is 13.4. The highest BCUT2D eigenvalue weighted by atomic mass is 16.2. The van der Waals surface area contributed by atoms with Crippen molar-refractivity contribution in [2.45, 2.75) is 32.0 Å². The van der Waals surface area contributed by atoms with E-state index in [1.54, 1.807) is 6.08 Å². The topological polar surface area (TPSA) is 70.1 Å². The molecule has 0 unspecified atom stereocenters. The first-order valence-corrected chi connectivity index (χ1v) is 12.3. The second-order valence-corrected chi connectivity index (χ2v) is 9.90. The van der Waals surface area contributed by atoms with Crippen molar-refractivity contribution in [3.05, 3.63) is 72.8 Å². The third-order valence-electron chi connectivity index (χ3n) is 7.12. The van der Waals surface area contributed by atoms with E-state index in [-0.39, 0.29) is 11.9 Å².